The molecule has 9 heteroatoms. The average molecular weight is 449 g/mol. The minimum Gasteiger partial charge on any atom is -0.482 e. The Labute approximate surface area is 182 Å². The molecule has 0 bridgehead atoms. The van der Waals surface area contributed by atoms with Gasteiger partial charge in [0.2, 0.25) is 0 Å². The topological polar surface area (TPSA) is 75.7 Å². The Morgan fingerprint density at radius 1 is 1.23 bits per heavy atom. The molecule has 0 atom stereocenters. The number of imide groups is 1. The van der Waals surface area contributed by atoms with Crippen LogP contribution in [0.15, 0.2) is 47.4 Å². The third-order valence-corrected chi connectivity index (χ3v) is 5.26. The molecule has 3 amide bonds. The molecular formula is C21H18ClFN2O4S. The summed E-state index contributed by atoms with van der Waals surface area (Å²) in [6.45, 7) is 1.99. The molecule has 3 rings (SSSR count). The van der Waals surface area contributed by atoms with E-state index in [0.717, 1.165) is 11.8 Å². The first-order chi connectivity index (χ1) is 14.4. The standard InChI is InChI=1S/C21H18ClFN2O4S/c1-2-9-25-20(27)18(30-21(25)28)11-13-3-8-17(16(22)10-13)29-12-19(26)24-15-6-4-14(23)5-7-15/h3-8,10-11H,2,9,12H2,1H3,(H,24,26)/b18-11+. The molecule has 0 aromatic heterocycles. The Balaban J connectivity index is 1.61. The lowest BCUT2D eigenvalue weighted by molar-refractivity contribution is -0.122. The third kappa shape index (κ3) is 5.40. The number of anilines is 1. The fraction of sp³-hybridized carbons (Fsp3) is 0.190. The van der Waals surface area contributed by atoms with Crippen LogP contribution in [0.3, 0.4) is 0 Å². The SMILES string of the molecule is CCCN1C(=O)S/C(=C/c2ccc(OCC(=O)Nc3ccc(F)cc3)c(Cl)c2)C1=O. The zero-order valence-corrected chi connectivity index (χ0v) is 17.6. The van der Waals surface area contributed by atoms with Crippen LogP contribution in [0.1, 0.15) is 18.9 Å². The lowest BCUT2D eigenvalue weighted by atomic mass is 10.2. The summed E-state index contributed by atoms with van der Waals surface area (Å²) in [5.74, 6) is -0.847. The molecule has 0 spiro atoms. The number of thioether (sulfide) groups is 1. The van der Waals surface area contributed by atoms with E-state index in [1.165, 1.54) is 29.2 Å². The van der Waals surface area contributed by atoms with Gasteiger partial charge in [-0.2, -0.15) is 0 Å². The highest BCUT2D eigenvalue weighted by molar-refractivity contribution is 8.18. The van der Waals surface area contributed by atoms with Crippen molar-refractivity contribution in [2.75, 3.05) is 18.5 Å². The fourth-order valence-electron chi connectivity index (χ4n) is 2.67. The highest BCUT2D eigenvalue weighted by Crippen LogP contribution is 2.33. The first kappa shape index (κ1) is 21.9. The second-order valence-corrected chi connectivity index (χ2v) is 7.77. The minimum atomic E-state index is -0.425. The van der Waals surface area contributed by atoms with Crippen molar-refractivity contribution in [1.29, 1.82) is 0 Å². The van der Waals surface area contributed by atoms with E-state index < -0.39 is 11.7 Å². The van der Waals surface area contributed by atoms with Gasteiger partial charge in [-0.3, -0.25) is 19.3 Å². The largest absolute Gasteiger partial charge is 0.482 e. The zero-order valence-electron chi connectivity index (χ0n) is 16.0. The summed E-state index contributed by atoms with van der Waals surface area (Å²) in [7, 11) is 0. The molecule has 0 unspecified atom stereocenters. The second kappa shape index (κ2) is 9.77. The number of benzene rings is 2. The smallest absolute Gasteiger partial charge is 0.293 e. The summed E-state index contributed by atoms with van der Waals surface area (Å²) >= 11 is 7.11. The van der Waals surface area contributed by atoms with Crippen LogP contribution in [0, 0.1) is 5.82 Å². The number of hydrogen-bond acceptors (Lipinski definition) is 5. The number of carbonyl (C=O) groups is 3. The molecule has 156 valence electrons. The van der Waals surface area contributed by atoms with Gasteiger partial charge in [0.05, 0.1) is 9.93 Å². The van der Waals surface area contributed by atoms with Gasteiger partial charge in [-0.05, 0) is 66.2 Å². The summed E-state index contributed by atoms with van der Waals surface area (Å²) in [6, 6.07) is 10.2. The molecule has 2 aromatic carbocycles. The van der Waals surface area contributed by atoms with Crippen LogP contribution < -0.4 is 10.1 Å². The predicted octanol–water partition coefficient (Wildman–Crippen LogP) is 4.94. The van der Waals surface area contributed by atoms with E-state index in [1.807, 2.05) is 6.92 Å². The van der Waals surface area contributed by atoms with Crippen LogP contribution in [0.5, 0.6) is 5.75 Å². The summed E-state index contributed by atoms with van der Waals surface area (Å²) in [4.78, 5) is 37.7. The van der Waals surface area contributed by atoms with E-state index in [9.17, 15) is 18.8 Å². The first-order valence-corrected chi connectivity index (χ1v) is 10.3. The van der Waals surface area contributed by atoms with Crippen LogP contribution in [0.25, 0.3) is 6.08 Å². The number of hydrogen-bond donors (Lipinski definition) is 1. The van der Waals surface area contributed by atoms with Crippen LogP contribution in [0.4, 0.5) is 14.9 Å². The highest BCUT2D eigenvalue weighted by Gasteiger charge is 2.34. The maximum Gasteiger partial charge on any atom is 0.293 e. The van der Waals surface area contributed by atoms with E-state index in [-0.39, 0.29) is 22.8 Å². The van der Waals surface area contributed by atoms with Crippen molar-refractivity contribution in [2.24, 2.45) is 0 Å². The van der Waals surface area contributed by atoms with Crippen molar-refractivity contribution >= 4 is 52.2 Å². The molecule has 2 aromatic rings. The van der Waals surface area contributed by atoms with E-state index >= 15 is 0 Å². The number of carbonyl (C=O) groups excluding carboxylic acids is 3. The minimum absolute atomic E-state index is 0.256. The molecule has 30 heavy (non-hydrogen) atoms. The third-order valence-electron chi connectivity index (χ3n) is 4.06. The molecule has 1 saturated heterocycles. The van der Waals surface area contributed by atoms with Gasteiger partial charge >= 0.3 is 0 Å². The summed E-state index contributed by atoms with van der Waals surface area (Å²) in [6.07, 6.45) is 2.29. The van der Waals surface area contributed by atoms with E-state index in [4.69, 9.17) is 16.3 Å². The van der Waals surface area contributed by atoms with Gasteiger partial charge in [0.15, 0.2) is 6.61 Å². The predicted molar refractivity (Wildman–Crippen MR) is 115 cm³/mol. The Hall–Kier alpha value is -2.84. The number of halogens is 2. The molecule has 1 fully saturated rings. The molecule has 1 heterocycles. The molecule has 6 nitrogen and oxygen atoms in total. The number of ether oxygens (including phenoxy) is 1. The van der Waals surface area contributed by atoms with Crippen LogP contribution in [-0.4, -0.2) is 35.1 Å². The van der Waals surface area contributed by atoms with E-state index in [0.29, 0.717) is 34.9 Å². The Kier molecular flexibility index (Phi) is 7.12. The average Bonchev–Trinajstić information content (AvgIpc) is 2.97. The number of nitrogens with one attached hydrogen (secondary N) is 1. The highest BCUT2D eigenvalue weighted by atomic mass is 35.5. The quantitative estimate of drug-likeness (QED) is 0.607. The van der Waals surface area contributed by atoms with Crippen molar-refractivity contribution in [3.8, 4) is 5.75 Å². The second-order valence-electron chi connectivity index (χ2n) is 6.37. The monoisotopic (exact) mass is 448 g/mol. The van der Waals surface area contributed by atoms with Crippen LogP contribution in [0.2, 0.25) is 5.02 Å². The van der Waals surface area contributed by atoms with Crippen molar-refractivity contribution in [3.63, 3.8) is 0 Å². The molecule has 1 aliphatic rings. The number of rotatable bonds is 7. The van der Waals surface area contributed by atoms with E-state index in [1.54, 1.807) is 24.3 Å². The van der Waals surface area contributed by atoms with Gasteiger partial charge in [0.25, 0.3) is 17.1 Å². The van der Waals surface area contributed by atoms with Gasteiger partial charge in [-0.25, -0.2) is 4.39 Å². The van der Waals surface area contributed by atoms with Gasteiger partial charge in [0, 0.05) is 12.2 Å². The fourth-order valence-corrected chi connectivity index (χ4v) is 3.77. The molecular weight excluding hydrogens is 431 g/mol. The van der Waals surface area contributed by atoms with Gasteiger partial charge in [0.1, 0.15) is 11.6 Å². The molecule has 0 saturated carbocycles. The lowest BCUT2D eigenvalue weighted by Crippen LogP contribution is -2.28. The molecule has 0 aliphatic carbocycles. The van der Waals surface area contributed by atoms with Gasteiger partial charge in [-0.1, -0.05) is 24.6 Å². The zero-order chi connectivity index (χ0) is 21.7. The normalized spacial score (nSPS) is 15.0. The summed E-state index contributed by atoms with van der Waals surface area (Å²) in [5, 5.41) is 2.55. The first-order valence-electron chi connectivity index (χ1n) is 9.10. The van der Waals surface area contributed by atoms with Crippen molar-refractivity contribution in [1.82, 2.24) is 4.90 Å². The van der Waals surface area contributed by atoms with Crippen molar-refractivity contribution < 1.29 is 23.5 Å². The molecule has 1 aliphatic heterocycles. The maximum absolute atomic E-state index is 12.9. The summed E-state index contributed by atoms with van der Waals surface area (Å²) in [5.41, 5.74) is 1.08. The van der Waals surface area contributed by atoms with Crippen molar-refractivity contribution in [3.05, 3.63) is 63.8 Å². The van der Waals surface area contributed by atoms with Crippen LogP contribution in [-0.2, 0) is 9.59 Å². The van der Waals surface area contributed by atoms with Crippen LogP contribution >= 0.6 is 23.4 Å². The number of amides is 3. The van der Waals surface area contributed by atoms with Gasteiger partial charge < -0.3 is 10.1 Å². The summed E-state index contributed by atoms with van der Waals surface area (Å²) < 4.78 is 18.3. The maximum atomic E-state index is 12.9. The van der Waals surface area contributed by atoms with E-state index in [2.05, 4.69) is 5.32 Å². The Morgan fingerprint density at radius 3 is 2.63 bits per heavy atom. The van der Waals surface area contributed by atoms with Crippen molar-refractivity contribution in [2.45, 2.75) is 13.3 Å². The Morgan fingerprint density at radius 2 is 1.97 bits per heavy atom. The Bertz CT molecular complexity index is 1010. The molecule has 0 radical (unpaired) electrons. The van der Waals surface area contributed by atoms with Gasteiger partial charge in [-0.15, -0.1) is 0 Å². The number of nitrogens with zero attached hydrogens (tertiary/aromatic N) is 1. The lowest BCUT2D eigenvalue weighted by Gasteiger charge is -2.10. The molecule has 1 N–H and O–H groups in total.